The number of hydrogen-bond donors (Lipinski definition) is 1. The highest BCUT2D eigenvalue weighted by molar-refractivity contribution is 6.18. The lowest BCUT2D eigenvalue weighted by molar-refractivity contribution is -0.126. The Hall–Kier alpha value is -0.240. The summed E-state index contributed by atoms with van der Waals surface area (Å²) in [6.07, 6.45) is 2.65. The molecule has 0 saturated carbocycles. The minimum atomic E-state index is -0.249. The third kappa shape index (κ3) is 3.87. The van der Waals surface area contributed by atoms with Crippen molar-refractivity contribution in [2.45, 2.75) is 52.5 Å². The molecule has 0 aliphatic rings. The van der Waals surface area contributed by atoms with Gasteiger partial charge in [-0.3, -0.25) is 4.79 Å². The van der Waals surface area contributed by atoms with Gasteiger partial charge in [0.1, 0.15) is 0 Å². The highest BCUT2D eigenvalue weighted by Crippen LogP contribution is 2.15. The Morgan fingerprint density at radius 1 is 1.36 bits per heavy atom. The summed E-state index contributed by atoms with van der Waals surface area (Å²) in [5.41, 5.74) is -0.249. The third-order valence-electron chi connectivity index (χ3n) is 2.86. The molecule has 0 rings (SSSR count). The molecule has 3 heteroatoms. The predicted octanol–water partition coefficient (Wildman–Crippen LogP) is 2.95. The summed E-state index contributed by atoms with van der Waals surface area (Å²) in [6.45, 7) is 8.10. The molecule has 0 bridgehead atoms. The lowest BCUT2D eigenvalue weighted by Gasteiger charge is -2.29. The molecule has 0 aromatic carbocycles. The number of amides is 1. The van der Waals surface area contributed by atoms with Gasteiger partial charge in [0.05, 0.1) is 5.54 Å². The quantitative estimate of drug-likeness (QED) is 0.684. The Labute approximate surface area is 92.4 Å². The van der Waals surface area contributed by atoms with Crippen molar-refractivity contribution in [2.24, 2.45) is 5.92 Å². The van der Waals surface area contributed by atoms with Crippen LogP contribution in [0.1, 0.15) is 47.0 Å². The number of nitrogens with one attached hydrogen (secondary N) is 1. The molecule has 0 aromatic rings. The molecule has 1 N–H and O–H groups in total. The predicted molar refractivity (Wildman–Crippen MR) is 61.6 cm³/mol. The van der Waals surface area contributed by atoms with E-state index in [4.69, 9.17) is 11.6 Å². The van der Waals surface area contributed by atoms with Gasteiger partial charge in [-0.15, -0.1) is 11.6 Å². The monoisotopic (exact) mass is 219 g/mol. The Kier molecular flexibility index (Phi) is 6.17. The van der Waals surface area contributed by atoms with Crippen molar-refractivity contribution in [3.05, 3.63) is 0 Å². The zero-order valence-electron chi connectivity index (χ0n) is 9.69. The fourth-order valence-electron chi connectivity index (χ4n) is 1.28. The van der Waals surface area contributed by atoms with Crippen molar-refractivity contribution in [3.8, 4) is 0 Å². The van der Waals surface area contributed by atoms with Gasteiger partial charge in [0.2, 0.25) is 5.91 Å². The maximum absolute atomic E-state index is 11.8. The molecule has 1 amide bonds. The smallest absolute Gasteiger partial charge is 0.223 e. The average Bonchev–Trinajstić information content (AvgIpc) is 2.19. The van der Waals surface area contributed by atoms with Crippen molar-refractivity contribution < 1.29 is 4.79 Å². The molecule has 0 saturated heterocycles. The van der Waals surface area contributed by atoms with Crippen LogP contribution in [-0.4, -0.2) is 17.3 Å². The molecule has 2 nitrogen and oxygen atoms in total. The van der Waals surface area contributed by atoms with Crippen LogP contribution in [0.3, 0.4) is 0 Å². The molecule has 1 unspecified atom stereocenters. The van der Waals surface area contributed by atoms with Crippen LogP contribution in [0.4, 0.5) is 0 Å². The van der Waals surface area contributed by atoms with Gasteiger partial charge in [-0.25, -0.2) is 0 Å². The zero-order chi connectivity index (χ0) is 11.2. The highest BCUT2D eigenvalue weighted by Gasteiger charge is 2.25. The maximum atomic E-state index is 11.8. The molecule has 0 fully saturated rings. The van der Waals surface area contributed by atoms with Crippen LogP contribution in [0, 0.1) is 5.92 Å². The Morgan fingerprint density at radius 2 is 1.86 bits per heavy atom. The topological polar surface area (TPSA) is 29.1 Å². The first-order valence-electron chi connectivity index (χ1n) is 5.40. The van der Waals surface area contributed by atoms with E-state index in [9.17, 15) is 4.79 Å². The minimum Gasteiger partial charge on any atom is -0.350 e. The van der Waals surface area contributed by atoms with E-state index in [1.54, 1.807) is 0 Å². The summed E-state index contributed by atoms with van der Waals surface area (Å²) < 4.78 is 0. The van der Waals surface area contributed by atoms with E-state index in [0.29, 0.717) is 5.88 Å². The summed E-state index contributed by atoms with van der Waals surface area (Å²) in [5.74, 6) is 0.735. The number of hydrogen-bond acceptors (Lipinski definition) is 1. The van der Waals surface area contributed by atoms with Crippen molar-refractivity contribution >= 4 is 17.5 Å². The first-order valence-corrected chi connectivity index (χ1v) is 5.94. The van der Waals surface area contributed by atoms with Gasteiger partial charge < -0.3 is 5.32 Å². The third-order valence-corrected chi connectivity index (χ3v) is 3.45. The molecule has 0 spiro atoms. The second kappa shape index (κ2) is 6.28. The van der Waals surface area contributed by atoms with E-state index in [2.05, 4.69) is 5.32 Å². The summed E-state index contributed by atoms with van der Waals surface area (Å²) in [5, 5.41) is 3.02. The van der Waals surface area contributed by atoms with Gasteiger partial charge >= 0.3 is 0 Å². The van der Waals surface area contributed by atoms with E-state index < -0.39 is 0 Å². The summed E-state index contributed by atoms with van der Waals surface area (Å²) in [4.78, 5) is 11.8. The minimum absolute atomic E-state index is 0.129. The SMILES string of the molecule is CCC(CC)C(=O)NC(C)(CC)CCl. The van der Waals surface area contributed by atoms with E-state index in [1.807, 2.05) is 27.7 Å². The number of rotatable bonds is 6. The molecular weight excluding hydrogens is 198 g/mol. The Morgan fingerprint density at radius 3 is 2.14 bits per heavy atom. The average molecular weight is 220 g/mol. The van der Waals surface area contributed by atoms with Crippen molar-refractivity contribution in [1.82, 2.24) is 5.32 Å². The van der Waals surface area contributed by atoms with Crippen LogP contribution in [-0.2, 0) is 4.79 Å². The zero-order valence-corrected chi connectivity index (χ0v) is 10.4. The van der Waals surface area contributed by atoms with Crippen LogP contribution in [0.5, 0.6) is 0 Å². The van der Waals surface area contributed by atoms with Gasteiger partial charge in [0.15, 0.2) is 0 Å². The Bertz CT molecular complexity index is 174. The highest BCUT2D eigenvalue weighted by atomic mass is 35.5. The fourth-order valence-corrected chi connectivity index (χ4v) is 1.53. The summed E-state index contributed by atoms with van der Waals surface area (Å²) in [7, 11) is 0. The standard InChI is InChI=1S/C11H22ClNO/c1-5-9(6-2)10(14)13-11(4,7-3)8-12/h9H,5-8H2,1-4H3,(H,13,14). The van der Waals surface area contributed by atoms with Crippen molar-refractivity contribution in [2.75, 3.05) is 5.88 Å². The van der Waals surface area contributed by atoms with Crippen LogP contribution in [0.2, 0.25) is 0 Å². The van der Waals surface area contributed by atoms with Gasteiger partial charge in [-0.1, -0.05) is 20.8 Å². The molecule has 0 aliphatic carbocycles. The Balaban J connectivity index is 4.28. The molecule has 0 aliphatic heterocycles. The normalized spacial score (nSPS) is 15.3. The molecular formula is C11H22ClNO. The fraction of sp³-hybridized carbons (Fsp3) is 0.909. The lowest BCUT2D eigenvalue weighted by atomic mass is 9.97. The van der Waals surface area contributed by atoms with Crippen LogP contribution >= 0.6 is 11.6 Å². The van der Waals surface area contributed by atoms with E-state index in [0.717, 1.165) is 19.3 Å². The second-order valence-corrected chi connectivity index (χ2v) is 4.32. The van der Waals surface area contributed by atoms with Crippen LogP contribution in [0.25, 0.3) is 0 Å². The molecule has 14 heavy (non-hydrogen) atoms. The number of carbonyl (C=O) groups is 1. The number of alkyl halides is 1. The van der Waals surface area contributed by atoms with Crippen LogP contribution in [0.15, 0.2) is 0 Å². The second-order valence-electron chi connectivity index (χ2n) is 4.05. The van der Waals surface area contributed by atoms with Gasteiger partial charge in [-0.2, -0.15) is 0 Å². The van der Waals surface area contributed by atoms with E-state index in [-0.39, 0.29) is 17.4 Å². The van der Waals surface area contributed by atoms with E-state index >= 15 is 0 Å². The first-order chi connectivity index (χ1) is 6.52. The molecule has 0 radical (unpaired) electrons. The van der Waals surface area contributed by atoms with Gasteiger partial charge in [0, 0.05) is 11.8 Å². The summed E-state index contributed by atoms with van der Waals surface area (Å²) >= 11 is 5.83. The van der Waals surface area contributed by atoms with Crippen LogP contribution < -0.4 is 5.32 Å². The van der Waals surface area contributed by atoms with Crippen molar-refractivity contribution in [1.29, 1.82) is 0 Å². The molecule has 84 valence electrons. The largest absolute Gasteiger partial charge is 0.350 e. The lowest BCUT2D eigenvalue weighted by Crippen LogP contribution is -2.49. The molecule has 0 heterocycles. The maximum Gasteiger partial charge on any atom is 0.223 e. The number of carbonyl (C=O) groups excluding carboxylic acids is 1. The van der Waals surface area contributed by atoms with Gasteiger partial charge in [-0.05, 0) is 26.2 Å². The van der Waals surface area contributed by atoms with Crippen molar-refractivity contribution in [3.63, 3.8) is 0 Å². The first kappa shape index (κ1) is 13.8. The summed E-state index contributed by atoms with van der Waals surface area (Å²) in [6, 6.07) is 0. The van der Waals surface area contributed by atoms with E-state index in [1.165, 1.54) is 0 Å². The van der Waals surface area contributed by atoms with Gasteiger partial charge in [0.25, 0.3) is 0 Å². The number of halogens is 1. The molecule has 1 atom stereocenters. The molecule has 0 aromatic heterocycles.